The molecule has 2 heterocycles. The van der Waals surface area contributed by atoms with Gasteiger partial charge in [-0.1, -0.05) is 18.2 Å². The van der Waals surface area contributed by atoms with E-state index < -0.39 is 23.1 Å². The molecule has 0 radical (unpaired) electrons. The zero-order chi connectivity index (χ0) is 20.5. The van der Waals surface area contributed by atoms with Crippen LogP contribution >= 0.6 is 0 Å². The molecule has 0 saturated heterocycles. The van der Waals surface area contributed by atoms with Crippen LogP contribution in [0.4, 0.5) is 26.4 Å². The minimum atomic E-state index is -1.05. The Morgan fingerprint density at radius 3 is 2.62 bits per heavy atom. The summed E-state index contributed by atoms with van der Waals surface area (Å²) in [6.45, 7) is 1.43. The van der Waals surface area contributed by atoms with Gasteiger partial charge in [0.25, 0.3) is 5.91 Å². The maximum atomic E-state index is 14.3. The molecule has 2 aromatic carbocycles. The van der Waals surface area contributed by atoms with Crippen molar-refractivity contribution in [2.45, 2.75) is 6.92 Å². The number of benzene rings is 2. The minimum absolute atomic E-state index is 0.0126. The minimum Gasteiger partial charge on any atom is -0.368 e. The van der Waals surface area contributed by atoms with E-state index in [1.54, 1.807) is 24.7 Å². The van der Waals surface area contributed by atoms with Crippen molar-refractivity contribution in [3.8, 4) is 11.3 Å². The third-order valence-electron chi connectivity index (χ3n) is 4.27. The van der Waals surface area contributed by atoms with E-state index >= 15 is 0 Å². The molecule has 0 atom stereocenters. The van der Waals surface area contributed by atoms with Gasteiger partial charge in [0.2, 0.25) is 11.9 Å². The molecule has 0 aliphatic heterocycles. The lowest BCUT2D eigenvalue weighted by atomic mass is 10.1. The Labute approximate surface area is 163 Å². The van der Waals surface area contributed by atoms with Crippen molar-refractivity contribution in [1.29, 1.82) is 0 Å². The summed E-state index contributed by atoms with van der Waals surface area (Å²) in [5, 5.41) is 6.83. The van der Waals surface area contributed by atoms with Crippen molar-refractivity contribution in [3.63, 3.8) is 0 Å². The van der Waals surface area contributed by atoms with Crippen LogP contribution in [0.1, 0.15) is 15.9 Å². The molecule has 146 valence electrons. The molecule has 2 aromatic heterocycles. The quantitative estimate of drug-likeness (QED) is 0.489. The highest BCUT2D eigenvalue weighted by Crippen LogP contribution is 2.22. The number of hydrogen-bond donors (Lipinski definition) is 3. The molecule has 0 unspecified atom stereocenters. The molecule has 4 rings (SSSR count). The van der Waals surface area contributed by atoms with Crippen LogP contribution in [0.25, 0.3) is 11.3 Å². The van der Waals surface area contributed by atoms with Gasteiger partial charge in [-0.15, -0.1) is 5.10 Å². The molecule has 0 spiro atoms. The maximum Gasteiger partial charge on any atom is 0.287 e. The highest BCUT2D eigenvalue weighted by atomic mass is 19.1. The average molecular weight is 395 g/mol. The zero-order valence-corrected chi connectivity index (χ0v) is 15.1. The lowest BCUT2D eigenvalue weighted by Crippen LogP contribution is -2.20. The highest BCUT2D eigenvalue weighted by Gasteiger charge is 2.24. The lowest BCUT2D eigenvalue weighted by Gasteiger charge is -2.06. The predicted molar refractivity (Wildman–Crippen MR) is 103 cm³/mol. The summed E-state index contributed by atoms with van der Waals surface area (Å²) in [4.78, 5) is 23.5. The van der Waals surface area contributed by atoms with E-state index in [1.807, 2.05) is 12.1 Å². The summed E-state index contributed by atoms with van der Waals surface area (Å²) in [5.41, 5.74) is 7.53. The number of hydrogen-bond acceptors (Lipinski definition) is 6. The van der Waals surface area contributed by atoms with Crippen LogP contribution in [0.15, 0.2) is 48.9 Å². The van der Waals surface area contributed by atoms with Gasteiger partial charge >= 0.3 is 0 Å². The number of rotatable bonds is 4. The number of aromatic amines is 1. The number of nitrogens with two attached hydrogens (primary N) is 1. The first kappa shape index (κ1) is 18.3. The SMILES string of the molecule is Cc1ccc(F)c(C(=O)n2nc(Nc3ccc(-c4cnc[nH]4)cc3)nc2N)c1F. The van der Waals surface area contributed by atoms with Crippen LogP contribution in [0.2, 0.25) is 0 Å². The normalized spacial score (nSPS) is 10.9. The van der Waals surface area contributed by atoms with Gasteiger partial charge in [0.15, 0.2) is 0 Å². The maximum absolute atomic E-state index is 14.3. The number of nitrogens with one attached hydrogen (secondary N) is 2. The second-order valence-electron chi connectivity index (χ2n) is 6.23. The Kier molecular flexibility index (Phi) is 4.51. The summed E-state index contributed by atoms with van der Waals surface area (Å²) < 4.78 is 28.9. The zero-order valence-electron chi connectivity index (χ0n) is 15.1. The summed E-state index contributed by atoms with van der Waals surface area (Å²) in [7, 11) is 0. The van der Waals surface area contributed by atoms with E-state index in [1.165, 1.54) is 13.0 Å². The fraction of sp³-hybridized carbons (Fsp3) is 0.0526. The second kappa shape index (κ2) is 7.15. The molecule has 4 N–H and O–H groups in total. The van der Waals surface area contributed by atoms with Crippen molar-refractivity contribution < 1.29 is 13.6 Å². The van der Waals surface area contributed by atoms with Crippen molar-refractivity contribution in [3.05, 3.63) is 71.7 Å². The Hall–Kier alpha value is -4.08. The fourth-order valence-electron chi connectivity index (χ4n) is 2.76. The Balaban J connectivity index is 1.59. The number of anilines is 3. The molecule has 0 bridgehead atoms. The molecule has 29 heavy (non-hydrogen) atoms. The third-order valence-corrected chi connectivity index (χ3v) is 4.27. The second-order valence-corrected chi connectivity index (χ2v) is 6.23. The van der Waals surface area contributed by atoms with Crippen LogP contribution in [-0.4, -0.2) is 30.6 Å². The first-order valence-corrected chi connectivity index (χ1v) is 8.51. The first-order valence-electron chi connectivity index (χ1n) is 8.51. The summed E-state index contributed by atoms with van der Waals surface area (Å²) in [5.74, 6) is -3.30. The fourth-order valence-corrected chi connectivity index (χ4v) is 2.76. The van der Waals surface area contributed by atoms with Crippen LogP contribution in [0.5, 0.6) is 0 Å². The van der Waals surface area contributed by atoms with Gasteiger partial charge in [0, 0.05) is 5.69 Å². The van der Waals surface area contributed by atoms with Gasteiger partial charge < -0.3 is 16.0 Å². The number of aryl methyl sites for hydroxylation is 1. The van der Waals surface area contributed by atoms with E-state index in [4.69, 9.17) is 5.73 Å². The Morgan fingerprint density at radius 1 is 1.17 bits per heavy atom. The Morgan fingerprint density at radius 2 is 1.93 bits per heavy atom. The van der Waals surface area contributed by atoms with E-state index in [0.29, 0.717) is 10.4 Å². The molecular formula is C19H15F2N7O. The molecule has 0 amide bonds. The van der Waals surface area contributed by atoms with Gasteiger partial charge in [-0.3, -0.25) is 4.79 Å². The van der Waals surface area contributed by atoms with E-state index in [-0.39, 0.29) is 17.5 Å². The molecule has 0 fully saturated rings. The van der Waals surface area contributed by atoms with Gasteiger partial charge in [0.05, 0.1) is 18.2 Å². The first-order chi connectivity index (χ1) is 13.9. The topological polar surface area (TPSA) is 115 Å². The van der Waals surface area contributed by atoms with Crippen LogP contribution < -0.4 is 11.1 Å². The van der Waals surface area contributed by atoms with Crippen LogP contribution in [0.3, 0.4) is 0 Å². The predicted octanol–water partition coefficient (Wildman–Crippen LogP) is 3.27. The van der Waals surface area contributed by atoms with E-state index in [0.717, 1.165) is 17.3 Å². The smallest absolute Gasteiger partial charge is 0.287 e. The summed E-state index contributed by atoms with van der Waals surface area (Å²) >= 11 is 0. The number of nitrogen functional groups attached to an aromatic ring is 1. The van der Waals surface area contributed by atoms with E-state index in [9.17, 15) is 13.6 Å². The van der Waals surface area contributed by atoms with Gasteiger partial charge in [-0.25, -0.2) is 13.8 Å². The van der Waals surface area contributed by atoms with E-state index in [2.05, 4.69) is 25.4 Å². The van der Waals surface area contributed by atoms with Gasteiger partial charge in [0.1, 0.15) is 17.2 Å². The molecule has 10 heteroatoms. The number of H-pyrrole nitrogens is 1. The molecule has 0 aliphatic carbocycles. The number of carbonyl (C=O) groups is 1. The number of aromatic nitrogens is 5. The molecule has 8 nitrogen and oxygen atoms in total. The summed E-state index contributed by atoms with van der Waals surface area (Å²) in [6, 6.07) is 9.49. The monoisotopic (exact) mass is 395 g/mol. The lowest BCUT2D eigenvalue weighted by molar-refractivity contribution is 0.0939. The standard InChI is InChI=1S/C19H15F2N7O/c1-10-2-7-13(20)15(16(10)21)17(29)28-18(22)26-19(27-28)25-12-5-3-11(4-6-12)14-8-23-9-24-14/h2-9H,1H3,(H,23,24)(H3,22,25,26,27). The number of carbonyl (C=O) groups excluding carboxylic acids is 1. The molecule has 0 aliphatic rings. The van der Waals surface area contributed by atoms with Gasteiger partial charge in [-0.2, -0.15) is 9.67 Å². The van der Waals surface area contributed by atoms with Gasteiger partial charge in [-0.05, 0) is 36.2 Å². The van der Waals surface area contributed by atoms with Crippen molar-refractivity contribution in [2.75, 3.05) is 11.1 Å². The number of imidazole rings is 1. The van der Waals surface area contributed by atoms with Crippen molar-refractivity contribution >= 4 is 23.5 Å². The molecular weight excluding hydrogens is 380 g/mol. The Bertz CT molecular complexity index is 1180. The largest absolute Gasteiger partial charge is 0.368 e. The van der Waals surface area contributed by atoms with Crippen LogP contribution in [0, 0.1) is 18.6 Å². The molecule has 4 aromatic rings. The van der Waals surface area contributed by atoms with Crippen molar-refractivity contribution in [2.24, 2.45) is 0 Å². The summed E-state index contributed by atoms with van der Waals surface area (Å²) in [6.07, 6.45) is 3.28. The number of halogens is 2. The van der Waals surface area contributed by atoms with Crippen molar-refractivity contribution in [1.82, 2.24) is 24.7 Å². The third kappa shape index (κ3) is 3.43. The highest BCUT2D eigenvalue weighted by molar-refractivity contribution is 5.97. The number of nitrogens with zero attached hydrogens (tertiary/aromatic N) is 4. The van der Waals surface area contributed by atoms with Crippen LogP contribution in [-0.2, 0) is 0 Å². The average Bonchev–Trinajstić information content (AvgIpc) is 3.36. The molecule has 0 saturated carbocycles.